The number of halogens is 1. The lowest BCUT2D eigenvalue weighted by Gasteiger charge is -2.07. The topological polar surface area (TPSA) is 52.1 Å². The molecule has 1 aromatic heterocycles. The van der Waals surface area contributed by atoms with Gasteiger partial charge in [0, 0.05) is 6.07 Å². The number of carbonyl (C=O) groups is 1. The Morgan fingerprint density at radius 1 is 1.37 bits per heavy atom. The third-order valence-corrected chi connectivity index (χ3v) is 2.65. The van der Waals surface area contributed by atoms with Gasteiger partial charge in [-0.3, -0.25) is 0 Å². The largest absolute Gasteiger partial charge is 0.449 e. The number of benzene rings is 1. The summed E-state index contributed by atoms with van der Waals surface area (Å²) in [5, 5.41) is 0. The van der Waals surface area contributed by atoms with Gasteiger partial charge in [0.1, 0.15) is 11.3 Å². The molecule has 2 rings (SSSR count). The molecule has 0 bridgehead atoms. The summed E-state index contributed by atoms with van der Waals surface area (Å²) in [6, 6.07) is 2.30. The van der Waals surface area contributed by atoms with Crippen LogP contribution in [0.5, 0.6) is 0 Å². The Balaban J connectivity index is 2.63. The van der Waals surface area contributed by atoms with Crippen LogP contribution in [0.15, 0.2) is 12.1 Å². The molecular weight excluding hydrogens is 247 g/mol. The quantitative estimate of drug-likeness (QED) is 0.612. The average Bonchev–Trinajstić information content (AvgIpc) is 2.37. The summed E-state index contributed by atoms with van der Waals surface area (Å²) in [7, 11) is 0. The SMILES string of the molecule is C#CCOC(=O)c1cc(F)cc2nc(C)c(C)nc12. The molecule has 19 heavy (non-hydrogen) atoms. The molecule has 0 unspecified atom stereocenters. The molecule has 0 aliphatic rings. The Morgan fingerprint density at radius 2 is 2.05 bits per heavy atom. The second-order valence-corrected chi connectivity index (χ2v) is 4.00. The summed E-state index contributed by atoms with van der Waals surface area (Å²) < 4.78 is 18.3. The predicted octanol–water partition coefficient (Wildman–Crippen LogP) is 2.18. The minimum atomic E-state index is -0.708. The van der Waals surface area contributed by atoms with Crippen molar-refractivity contribution in [1.29, 1.82) is 0 Å². The zero-order valence-electron chi connectivity index (χ0n) is 10.5. The van der Waals surface area contributed by atoms with Crippen LogP contribution in [0.4, 0.5) is 4.39 Å². The van der Waals surface area contributed by atoms with Crippen molar-refractivity contribution in [2.24, 2.45) is 0 Å². The number of hydrogen-bond acceptors (Lipinski definition) is 4. The number of nitrogens with zero attached hydrogens (tertiary/aromatic N) is 2. The van der Waals surface area contributed by atoms with Gasteiger partial charge in [0.2, 0.25) is 0 Å². The average molecular weight is 258 g/mol. The van der Waals surface area contributed by atoms with Crippen LogP contribution in [0.1, 0.15) is 21.7 Å². The Bertz CT molecular complexity index is 705. The van der Waals surface area contributed by atoms with E-state index < -0.39 is 11.8 Å². The Hall–Kier alpha value is -2.48. The highest BCUT2D eigenvalue weighted by atomic mass is 19.1. The van der Waals surface area contributed by atoms with E-state index in [9.17, 15) is 9.18 Å². The van der Waals surface area contributed by atoms with Crippen molar-refractivity contribution < 1.29 is 13.9 Å². The number of ether oxygens (including phenoxy) is 1. The fraction of sp³-hybridized carbons (Fsp3) is 0.214. The van der Waals surface area contributed by atoms with Crippen LogP contribution in [-0.4, -0.2) is 22.5 Å². The first kappa shape index (κ1) is 13.0. The van der Waals surface area contributed by atoms with E-state index in [4.69, 9.17) is 11.2 Å². The molecule has 0 spiro atoms. The lowest BCUT2D eigenvalue weighted by atomic mass is 10.1. The summed E-state index contributed by atoms with van der Waals surface area (Å²) in [6.45, 7) is 3.36. The molecule has 0 N–H and O–H groups in total. The highest BCUT2D eigenvalue weighted by Crippen LogP contribution is 2.19. The van der Waals surface area contributed by atoms with Crippen LogP contribution >= 0.6 is 0 Å². The molecule has 4 nitrogen and oxygen atoms in total. The molecule has 96 valence electrons. The van der Waals surface area contributed by atoms with Crippen molar-refractivity contribution >= 4 is 17.0 Å². The fourth-order valence-corrected chi connectivity index (χ4v) is 1.64. The number of fused-ring (bicyclic) bond motifs is 1. The number of aromatic nitrogens is 2. The zero-order valence-corrected chi connectivity index (χ0v) is 10.5. The maximum atomic E-state index is 13.5. The van der Waals surface area contributed by atoms with Gasteiger partial charge in [0.25, 0.3) is 0 Å². The van der Waals surface area contributed by atoms with Gasteiger partial charge in [-0.25, -0.2) is 19.2 Å². The van der Waals surface area contributed by atoms with E-state index in [-0.39, 0.29) is 12.2 Å². The number of terminal acetylenes is 1. The molecule has 0 atom stereocenters. The van der Waals surface area contributed by atoms with Gasteiger partial charge in [0.15, 0.2) is 6.61 Å². The number of carbonyl (C=O) groups excluding carboxylic acids is 1. The zero-order chi connectivity index (χ0) is 14.0. The van der Waals surface area contributed by atoms with Crippen LogP contribution in [0, 0.1) is 32.0 Å². The standard InChI is InChI=1S/C14H11FN2O2/c1-4-5-19-14(18)11-6-10(15)7-12-13(11)17-9(3)8(2)16-12/h1,6-7H,5H2,2-3H3. The highest BCUT2D eigenvalue weighted by molar-refractivity contribution is 6.01. The third kappa shape index (κ3) is 2.52. The Labute approximate surface area is 109 Å². The molecule has 0 radical (unpaired) electrons. The van der Waals surface area contributed by atoms with Gasteiger partial charge in [0.05, 0.1) is 22.5 Å². The number of aryl methyl sites for hydroxylation is 2. The summed E-state index contributed by atoms with van der Waals surface area (Å²) in [5.74, 6) is 0.899. The van der Waals surface area contributed by atoms with Crippen molar-refractivity contribution in [2.45, 2.75) is 13.8 Å². The second kappa shape index (κ2) is 5.02. The first-order valence-electron chi connectivity index (χ1n) is 5.58. The molecule has 0 saturated heterocycles. The number of hydrogen-bond donors (Lipinski definition) is 0. The van der Waals surface area contributed by atoms with Crippen molar-refractivity contribution in [3.05, 3.63) is 34.9 Å². The van der Waals surface area contributed by atoms with Crippen molar-refractivity contribution in [3.8, 4) is 12.3 Å². The van der Waals surface area contributed by atoms with Crippen molar-refractivity contribution in [2.75, 3.05) is 6.61 Å². The van der Waals surface area contributed by atoms with Crippen molar-refractivity contribution in [3.63, 3.8) is 0 Å². The van der Waals surface area contributed by atoms with Gasteiger partial charge in [-0.1, -0.05) is 5.92 Å². The molecular formula is C14H11FN2O2. The molecule has 2 aromatic rings. The van der Waals surface area contributed by atoms with Crippen LogP contribution < -0.4 is 0 Å². The van der Waals surface area contributed by atoms with Crippen LogP contribution in [-0.2, 0) is 4.74 Å². The molecule has 0 fully saturated rings. The molecule has 5 heteroatoms. The van der Waals surface area contributed by atoms with E-state index in [0.29, 0.717) is 22.4 Å². The third-order valence-electron chi connectivity index (χ3n) is 2.65. The van der Waals surface area contributed by atoms with E-state index in [0.717, 1.165) is 6.07 Å². The summed E-state index contributed by atoms with van der Waals surface area (Å²) in [6.07, 6.45) is 5.01. The first-order chi connectivity index (χ1) is 9.02. The summed E-state index contributed by atoms with van der Waals surface area (Å²) >= 11 is 0. The Kier molecular flexibility index (Phi) is 3.43. The van der Waals surface area contributed by atoms with Gasteiger partial charge in [-0.15, -0.1) is 6.42 Å². The molecule has 0 aliphatic carbocycles. The molecule has 0 amide bonds. The fourth-order valence-electron chi connectivity index (χ4n) is 1.64. The van der Waals surface area contributed by atoms with Crippen LogP contribution in [0.2, 0.25) is 0 Å². The molecule has 0 aliphatic heterocycles. The van der Waals surface area contributed by atoms with Gasteiger partial charge in [-0.2, -0.15) is 0 Å². The van der Waals surface area contributed by atoms with Crippen molar-refractivity contribution in [1.82, 2.24) is 9.97 Å². The van der Waals surface area contributed by atoms with E-state index in [1.165, 1.54) is 6.07 Å². The van der Waals surface area contributed by atoms with E-state index in [1.807, 2.05) is 0 Å². The van der Waals surface area contributed by atoms with Crippen LogP contribution in [0.25, 0.3) is 11.0 Å². The summed E-state index contributed by atoms with van der Waals surface area (Å²) in [5.41, 5.74) is 2.01. The first-order valence-corrected chi connectivity index (χ1v) is 5.58. The minimum Gasteiger partial charge on any atom is -0.449 e. The van der Waals surface area contributed by atoms with E-state index >= 15 is 0 Å². The maximum absolute atomic E-state index is 13.5. The smallest absolute Gasteiger partial charge is 0.341 e. The predicted molar refractivity (Wildman–Crippen MR) is 68.1 cm³/mol. The summed E-state index contributed by atoms with van der Waals surface area (Å²) in [4.78, 5) is 20.3. The number of esters is 1. The molecule has 1 heterocycles. The van der Waals surface area contributed by atoms with Gasteiger partial charge >= 0.3 is 5.97 Å². The van der Waals surface area contributed by atoms with E-state index in [2.05, 4.69) is 15.9 Å². The normalized spacial score (nSPS) is 10.2. The van der Waals surface area contributed by atoms with Crippen LogP contribution in [0.3, 0.4) is 0 Å². The monoisotopic (exact) mass is 258 g/mol. The minimum absolute atomic E-state index is 0.0286. The lowest BCUT2D eigenvalue weighted by Crippen LogP contribution is -2.08. The highest BCUT2D eigenvalue weighted by Gasteiger charge is 2.16. The van der Waals surface area contributed by atoms with Gasteiger partial charge in [-0.05, 0) is 19.9 Å². The molecule has 1 aromatic carbocycles. The maximum Gasteiger partial charge on any atom is 0.341 e. The number of rotatable bonds is 2. The molecule has 0 saturated carbocycles. The van der Waals surface area contributed by atoms with Gasteiger partial charge < -0.3 is 4.74 Å². The second-order valence-electron chi connectivity index (χ2n) is 4.00. The van der Waals surface area contributed by atoms with E-state index in [1.54, 1.807) is 13.8 Å². The Morgan fingerprint density at radius 3 is 2.74 bits per heavy atom. The lowest BCUT2D eigenvalue weighted by molar-refractivity contribution is 0.0558.